The summed E-state index contributed by atoms with van der Waals surface area (Å²) in [6, 6.07) is 10.1. The number of nitrogens with one attached hydrogen (secondary N) is 1. The lowest BCUT2D eigenvalue weighted by Gasteiger charge is -2.17. The zero-order valence-corrected chi connectivity index (χ0v) is 11.1. The Bertz CT molecular complexity index is 674. The second kappa shape index (κ2) is 4.12. The van der Waals surface area contributed by atoms with Gasteiger partial charge in [0.2, 0.25) is 5.82 Å². The highest BCUT2D eigenvalue weighted by atomic mass is 16.5. The Morgan fingerprint density at radius 2 is 1.95 bits per heavy atom. The van der Waals surface area contributed by atoms with Gasteiger partial charge in [-0.05, 0) is 32.9 Å². The van der Waals surface area contributed by atoms with Crippen molar-refractivity contribution < 1.29 is 8.94 Å². The Morgan fingerprint density at radius 3 is 2.68 bits per heavy atom. The molecule has 19 heavy (non-hydrogen) atoms. The molecule has 0 saturated heterocycles. The van der Waals surface area contributed by atoms with Gasteiger partial charge >= 0.3 is 6.01 Å². The number of furan rings is 1. The zero-order chi connectivity index (χ0) is 13.5. The van der Waals surface area contributed by atoms with E-state index in [0.717, 1.165) is 11.0 Å². The normalized spacial score (nSPS) is 11.9. The first-order chi connectivity index (χ1) is 9.01. The molecule has 5 heteroatoms. The molecule has 2 aromatic heterocycles. The number of fused-ring (bicyclic) bond motifs is 1. The number of benzene rings is 1. The summed E-state index contributed by atoms with van der Waals surface area (Å²) in [5.41, 5.74) is 0.685. The van der Waals surface area contributed by atoms with Crippen molar-refractivity contribution in [2.75, 3.05) is 5.32 Å². The van der Waals surface area contributed by atoms with E-state index in [-0.39, 0.29) is 5.54 Å². The molecule has 5 nitrogen and oxygen atoms in total. The van der Waals surface area contributed by atoms with Gasteiger partial charge in [0.1, 0.15) is 5.58 Å². The maximum absolute atomic E-state index is 5.68. The summed E-state index contributed by atoms with van der Waals surface area (Å²) in [7, 11) is 0. The summed E-state index contributed by atoms with van der Waals surface area (Å²) < 4.78 is 10.8. The van der Waals surface area contributed by atoms with Gasteiger partial charge in [-0.2, -0.15) is 4.98 Å². The summed E-state index contributed by atoms with van der Waals surface area (Å²) in [5.74, 6) is 1.05. The highest BCUT2D eigenvalue weighted by Gasteiger charge is 2.17. The van der Waals surface area contributed by atoms with E-state index in [4.69, 9.17) is 8.94 Å². The third-order valence-corrected chi connectivity index (χ3v) is 2.55. The number of aromatic nitrogens is 2. The van der Waals surface area contributed by atoms with Gasteiger partial charge in [0.05, 0.1) is 0 Å². The summed E-state index contributed by atoms with van der Waals surface area (Å²) in [4.78, 5) is 4.28. The van der Waals surface area contributed by atoms with Gasteiger partial charge in [-0.15, -0.1) is 0 Å². The molecule has 0 radical (unpaired) electrons. The molecule has 0 unspecified atom stereocenters. The number of anilines is 1. The van der Waals surface area contributed by atoms with Crippen LogP contribution in [0.15, 0.2) is 39.3 Å². The molecule has 0 spiro atoms. The average molecular weight is 257 g/mol. The van der Waals surface area contributed by atoms with E-state index >= 15 is 0 Å². The lowest BCUT2D eigenvalue weighted by molar-refractivity contribution is 0.419. The van der Waals surface area contributed by atoms with Gasteiger partial charge in [-0.25, -0.2) is 0 Å². The van der Waals surface area contributed by atoms with Crippen molar-refractivity contribution >= 4 is 17.0 Å². The van der Waals surface area contributed by atoms with Crippen LogP contribution in [0.1, 0.15) is 20.8 Å². The molecule has 0 fully saturated rings. The number of hydrogen-bond donors (Lipinski definition) is 1. The summed E-state index contributed by atoms with van der Waals surface area (Å²) in [5, 5.41) is 8.07. The van der Waals surface area contributed by atoms with Gasteiger partial charge in [0, 0.05) is 10.9 Å². The van der Waals surface area contributed by atoms with Crippen LogP contribution in [0.2, 0.25) is 0 Å². The second-order valence-corrected chi connectivity index (χ2v) is 5.45. The highest BCUT2D eigenvalue weighted by Crippen LogP contribution is 2.26. The van der Waals surface area contributed by atoms with Crippen molar-refractivity contribution in [1.29, 1.82) is 0 Å². The van der Waals surface area contributed by atoms with Crippen LogP contribution in [0.3, 0.4) is 0 Å². The average Bonchev–Trinajstić information content (AvgIpc) is 2.91. The number of hydrogen-bond acceptors (Lipinski definition) is 5. The van der Waals surface area contributed by atoms with Gasteiger partial charge in [-0.3, -0.25) is 0 Å². The first kappa shape index (κ1) is 11.8. The van der Waals surface area contributed by atoms with E-state index < -0.39 is 0 Å². The molecule has 0 saturated carbocycles. The Labute approximate surface area is 110 Å². The van der Waals surface area contributed by atoms with Crippen LogP contribution in [-0.4, -0.2) is 15.7 Å². The smallest absolute Gasteiger partial charge is 0.322 e. The van der Waals surface area contributed by atoms with Gasteiger partial charge < -0.3 is 14.3 Å². The third-order valence-electron chi connectivity index (χ3n) is 2.55. The molecular weight excluding hydrogens is 242 g/mol. The Balaban J connectivity index is 1.94. The standard InChI is InChI=1S/C14H15N3O2/c1-14(2,3)16-13-15-12(17-19-13)11-8-9-6-4-5-7-10(9)18-11/h4-8H,1-3H3,(H,15,16,17). The van der Waals surface area contributed by atoms with Gasteiger partial charge in [0.25, 0.3) is 0 Å². The first-order valence-electron chi connectivity index (χ1n) is 6.12. The van der Waals surface area contributed by atoms with Crippen molar-refractivity contribution in [3.63, 3.8) is 0 Å². The molecule has 1 aromatic carbocycles. The van der Waals surface area contributed by atoms with Crippen molar-refractivity contribution in [1.82, 2.24) is 10.1 Å². The monoisotopic (exact) mass is 257 g/mol. The molecule has 0 aliphatic rings. The molecule has 0 aliphatic carbocycles. The minimum absolute atomic E-state index is 0.127. The molecule has 98 valence electrons. The molecular formula is C14H15N3O2. The maximum atomic E-state index is 5.68. The largest absolute Gasteiger partial charge is 0.453 e. The highest BCUT2D eigenvalue weighted by molar-refractivity contribution is 5.81. The molecule has 3 aromatic rings. The maximum Gasteiger partial charge on any atom is 0.322 e. The van der Waals surface area contributed by atoms with Crippen molar-refractivity contribution in [2.45, 2.75) is 26.3 Å². The molecule has 2 heterocycles. The summed E-state index contributed by atoms with van der Waals surface area (Å²) in [6.45, 7) is 6.08. The Morgan fingerprint density at radius 1 is 1.16 bits per heavy atom. The predicted octanol–water partition coefficient (Wildman–Crippen LogP) is 3.69. The fourth-order valence-electron chi connectivity index (χ4n) is 1.79. The zero-order valence-electron chi connectivity index (χ0n) is 11.1. The number of rotatable bonds is 2. The van der Waals surface area contributed by atoms with Crippen LogP contribution in [0.25, 0.3) is 22.6 Å². The van der Waals surface area contributed by atoms with Crippen molar-refractivity contribution in [3.8, 4) is 11.6 Å². The SMILES string of the molecule is CC(C)(C)Nc1nc(-c2cc3ccccc3o2)no1. The van der Waals surface area contributed by atoms with E-state index in [9.17, 15) is 0 Å². The lowest BCUT2D eigenvalue weighted by atomic mass is 10.1. The number of para-hydroxylation sites is 1. The van der Waals surface area contributed by atoms with Gasteiger partial charge in [0.15, 0.2) is 5.76 Å². The molecule has 0 atom stereocenters. The van der Waals surface area contributed by atoms with Crippen LogP contribution in [-0.2, 0) is 0 Å². The minimum Gasteiger partial charge on any atom is -0.453 e. The first-order valence-corrected chi connectivity index (χ1v) is 6.12. The fourth-order valence-corrected chi connectivity index (χ4v) is 1.79. The van der Waals surface area contributed by atoms with Crippen LogP contribution in [0.5, 0.6) is 0 Å². The minimum atomic E-state index is -0.127. The molecule has 0 bridgehead atoms. The third kappa shape index (κ3) is 2.45. The van der Waals surface area contributed by atoms with Gasteiger partial charge in [-0.1, -0.05) is 23.4 Å². The van der Waals surface area contributed by atoms with E-state index in [0.29, 0.717) is 17.6 Å². The predicted molar refractivity (Wildman–Crippen MR) is 72.9 cm³/mol. The van der Waals surface area contributed by atoms with E-state index in [1.807, 2.05) is 51.1 Å². The van der Waals surface area contributed by atoms with Crippen LogP contribution in [0.4, 0.5) is 6.01 Å². The van der Waals surface area contributed by atoms with Crippen LogP contribution >= 0.6 is 0 Å². The van der Waals surface area contributed by atoms with Crippen LogP contribution in [0, 0.1) is 0 Å². The summed E-state index contributed by atoms with van der Waals surface area (Å²) in [6.07, 6.45) is 0. The molecule has 1 N–H and O–H groups in total. The summed E-state index contributed by atoms with van der Waals surface area (Å²) >= 11 is 0. The molecule has 3 rings (SSSR count). The van der Waals surface area contributed by atoms with E-state index in [2.05, 4.69) is 15.5 Å². The Kier molecular flexibility index (Phi) is 2.55. The number of nitrogens with zero attached hydrogens (tertiary/aromatic N) is 2. The quantitative estimate of drug-likeness (QED) is 0.758. The topological polar surface area (TPSA) is 64.1 Å². The lowest BCUT2D eigenvalue weighted by Crippen LogP contribution is -2.26. The fraction of sp³-hybridized carbons (Fsp3) is 0.286. The molecule has 0 aliphatic heterocycles. The molecule has 0 amide bonds. The second-order valence-electron chi connectivity index (χ2n) is 5.45. The van der Waals surface area contributed by atoms with E-state index in [1.165, 1.54) is 0 Å². The van der Waals surface area contributed by atoms with Crippen molar-refractivity contribution in [3.05, 3.63) is 30.3 Å². The Hall–Kier alpha value is -2.30. The van der Waals surface area contributed by atoms with Crippen molar-refractivity contribution in [2.24, 2.45) is 0 Å². The van der Waals surface area contributed by atoms with E-state index in [1.54, 1.807) is 0 Å². The van der Waals surface area contributed by atoms with Crippen LogP contribution < -0.4 is 5.32 Å².